The highest BCUT2D eigenvalue weighted by Crippen LogP contribution is 2.51. The zero-order chi connectivity index (χ0) is 20.5. The van der Waals surface area contributed by atoms with Gasteiger partial charge in [-0.3, -0.25) is 0 Å². The highest BCUT2D eigenvalue weighted by Gasteiger charge is 2.46. The summed E-state index contributed by atoms with van der Waals surface area (Å²) in [5.41, 5.74) is 4.00. The molecule has 4 nitrogen and oxygen atoms in total. The maximum Gasteiger partial charge on any atom is 0.416 e. The van der Waals surface area contributed by atoms with Crippen molar-refractivity contribution in [1.29, 1.82) is 0 Å². The van der Waals surface area contributed by atoms with E-state index < -0.39 is 17.8 Å². The number of rotatable bonds is 1. The van der Waals surface area contributed by atoms with Gasteiger partial charge in [0.1, 0.15) is 0 Å². The lowest BCUT2D eigenvalue weighted by Crippen LogP contribution is -2.47. The van der Waals surface area contributed by atoms with Crippen LogP contribution in [0.4, 0.5) is 23.7 Å². The second-order valence-electron chi connectivity index (χ2n) is 7.90. The van der Waals surface area contributed by atoms with Crippen molar-refractivity contribution >= 4 is 23.4 Å². The van der Waals surface area contributed by atoms with E-state index in [4.69, 9.17) is 11.6 Å². The Kier molecular flexibility index (Phi) is 4.04. The van der Waals surface area contributed by atoms with Gasteiger partial charge in [-0.15, -0.1) is 0 Å². The zero-order valence-electron chi connectivity index (χ0n) is 15.3. The van der Waals surface area contributed by atoms with E-state index in [1.54, 1.807) is 0 Å². The van der Waals surface area contributed by atoms with Gasteiger partial charge in [0, 0.05) is 47.9 Å². The minimum absolute atomic E-state index is 0.0622. The van der Waals surface area contributed by atoms with E-state index in [0.717, 1.165) is 48.2 Å². The summed E-state index contributed by atoms with van der Waals surface area (Å²) in [6, 6.07) is 7.71. The van der Waals surface area contributed by atoms with Gasteiger partial charge in [-0.25, -0.2) is 4.79 Å². The van der Waals surface area contributed by atoms with Crippen LogP contribution >= 0.6 is 11.6 Å². The molecule has 0 spiro atoms. The summed E-state index contributed by atoms with van der Waals surface area (Å²) in [5.74, 6) is 0.0714. The molecular weight excluding hydrogens is 405 g/mol. The number of carbonyl (C=O) groups is 1. The Hall–Kier alpha value is -2.41. The minimum atomic E-state index is -4.44. The number of halogens is 4. The van der Waals surface area contributed by atoms with Gasteiger partial charge in [0.15, 0.2) is 0 Å². The van der Waals surface area contributed by atoms with Crippen LogP contribution in [0.25, 0.3) is 11.1 Å². The van der Waals surface area contributed by atoms with E-state index in [0.29, 0.717) is 18.7 Å². The zero-order valence-corrected chi connectivity index (χ0v) is 16.1. The van der Waals surface area contributed by atoms with Gasteiger partial charge in [0.2, 0.25) is 0 Å². The van der Waals surface area contributed by atoms with Gasteiger partial charge in [-0.1, -0.05) is 17.7 Å². The first-order chi connectivity index (χ1) is 13.7. The van der Waals surface area contributed by atoms with Crippen LogP contribution in [0.5, 0.6) is 0 Å². The van der Waals surface area contributed by atoms with Gasteiger partial charge in [0.25, 0.3) is 0 Å². The van der Waals surface area contributed by atoms with Crippen molar-refractivity contribution in [1.82, 2.24) is 4.90 Å². The number of piperidine rings is 1. The first-order valence-electron chi connectivity index (χ1n) is 9.52. The predicted molar refractivity (Wildman–Crippen MR) is 104 cm³/mol. The predicted octanol–water partition coefficient (Wildman–Crippen LogP) is 5.24. The largest absolute Gasteiger partial charge is 0.465 e. The van der Waals surface area contributed by atoms with Gasteiger partial charge in [0.05, 0.1) is 5.56 Å². The van der Waals surface area contributed by atoms with Crippen molar-refractivity contribution in [2.24, 2.45) is 0 Å². The van der Waals surface area contributed by atoms with Crippen molar-refractivity contribution in [3.63, 3.8) is 0 Å². The molecule has 152 valence electrons. The highest BCUT2D eigenvalue weighted by molar-refractivity contribution is 6.33. The fourth-order valence-corrected chi connectivity index (χ4v) is 5.39. The molecule has 0 unspecified atom stereocenters. The number of hydrogen-bond acceptors (Lipinski definition) is 2. The summed E-state index contributed by atoms with van der Waals surface area (Å²) in [6.45, 7) is 1.85. The quantitative estimate of drug-likeness (QED) is 0.683. The third kappa shape index (κ3) is 2.86. The molecule has 3 aliphatic heterocycles. The first kappa shape index (κ1) is 18.6. The number of anilines is 1. The number of alkyl halides is 3. The number of likely N-dealkylation sites (tertiary alicyclic amines) is 1. The topological polar surface area (TPSA) is 43.8 Å². The maximum atomic E-state index is 13.0. The summed E-state index contributed by atoms with van der Waals surface area (Å²) in [5, 5.41) is 9.47. The molecule has 3 heterocycles. The van der Waals surface area contributed by atoms with Crippen LogP contribution in [0.1, 0.15) is 29.0 Å². The molecule has 0 aromatic heterocycles. The summed E-state index contributed by atoms with van der Waals surface area (Å²) in [4.78, 5) is 15.3. The van der Waals surface area contributed by atoms with Crippen LogP contribution < -0.4 is 4.90 Å². The molecule has 1 N–H and O–H groups in total. The Morgan fingerprint density at radius 2 is 1.97 bits per heavy atom. The summed E-state index contributed by atoms with van der Waals surface area (Å²) in [7, 11) is 0. The van der Waals surface area contributed by atoms with E-state index in [1.165, 1.54) is 16.7 Å². The van der Waals surface area contributed by atoms with Crippen molar-refractivity contribution < 1.29 is 23.1 Å². The molecule has 0 bridgehead atoms. The third-order valence-corrected chi connectivity index (χ3v) is 6.69. The molecular formula is C21H18ClF3N2O2. The molecule has 5 rings (SSSR count). The molecule has 0 saturated carbocycles. The maximum absolute atomic E-state index is 13.0. The van der Waals surface area contributed by atoms with Gasteiger partial charge in [-0.05, 0) is 53.8 Å². The van der Waals surface area contributed by atoms with Crippen LogP contribution in [0.3, 0.4) is 0 Å². The number of amides is 1. The average Bonchev–Trinajstić information content (AvgIpc) is 3.23. The fourth-order valence-electron chi connectivity index (χ4n) is 5.10. The summed E-state index contributed by atoms with van der Waals surface area (Å²) >= 11 is 6.23. The molecule has 0 aliphatic carbocycles. The van der Waals surface area contributed by atoms with Gasteiger partial charge < -0.3 is 14.9 Å². The second kappa shape index (κ2) is 6.29. The molecule has 1 fully saturated rings. The highest BCUT2D eigenvalue weighted by atomic mass is 35.5. The van der Waals surface area contributed by atoms with Crippen LogP contribution in [-0.2, 0) is 12.6 Å². The lowest BCUT2D eigenvalue weighted by Gasteiger charge is -2.37. The minimum Gasteiger partial charge on any atom is -0.465 e. The smallest absolute Gasteiger partial charge is 0.416 e. The number of benzene rings is 2. The second-order valence-corrected chi connectivity index (χ2v) is 8.31. The summed E-state index contributed by atoms with van der Waals surface area (Å²) < 4.78 is 38.9. The molecule has 2 aromatic carbocycles. The standard InChI is InChI=1S/C21H18ClF3N2O2/c22-17-9-13(21(23,24)25)1-2-14(17)12-7-11-3-6-27-18-4-5-26(20(28)29)10-16(18)15(8-12)19(11)27/h1-2,7-9,16,18H,3-6,10H2,(H,28,29)/t16-,18-/m1/s1. The van der Waals surface area contributed by atoms with E-state index in [2.05, 4.69) is 4.90 Å². The molecule has 2 atom stereocenters. The van der Waals surface area contributed by atoms with Gasteiger partial charge >= 0.3 is 12.3 Å². The number of nitrogens with zero attached hydrogens (tertiary/aromatic N) is 2. The van der Waals surface area contributed by atoms with Crippen molar-refractivity contribution in [2.45, 2.75) is 31.0 Å². The average molecular weight is 423 g/mol. The lowest BCUT2D eigenvalue weighted by molar-refractivity contribution is -0.137. The molecule has 0 radical (unpaired) electrons. The Bertz CT molecular complexity index is 1020. The Balaban J connectivity index is 1.58. The monoisotopic (exact) mass is 422 g/mol. The van der Waals surface area contributed by atoms with E-state index in [9.17, 15) is 23.1 Å². The molecule has 8 heteroatoms. The molecule has 3 aliphatic rings. The normalized spacial score (nSPS) is 22.6. The molecule has 1 amide bonds. The van der Waals surface area contributed by atoms with E-state index in [1.807, 2.05) is 12.1 Å². The van der Waals surface area contributed by atoms with Crippen molar-refractivity contribution in [3.8, 4) is 11.1 Å². The van der Waals surface area contributed by atoms with Crippen molar-refractivity contribution in [2.75, 3.05) is 24.5 Å². The third-order valence-electron chi connectivity index (χ3n) is 6.38. The van der Waals surface area contributed by atoms with Gasteiger partial charge in [-0.2, -0.15) is 13.2 Å². The van der Waals surface area contributed by atoms with Crippen molar-refractivity contribution in [3.05, 3.63) is 52.0 Å². The SMILES string of the molecule is O=C(O)N1CC[C@@H]2[C@H](C1)c1cc(-c3ccc(C(F)(F)F)cc3Cl)cc3c1N2CC3. The molecule has 29 heavy (non-hydrogen) atoms. The molecule has 2 aromatic rings. The Morgan fingerprint density at radius 3 is 2.66 bits per heavy atom. The van der Waals surface area contributed by atoms with Crippen LogP contribution in [0, 0.1) is 0 Å². The Labute approximate surface area is 170 Å². The summed E-state index contributed by atoms with van der Waals surface area (Å²) in [6.07, 6.45) is -3.70. The van der Waals surface area contributed by atoms with E-state index in [-0.39, 0.29) is 17.0 Å². The molecule has 1 saturated heterocycles. The Morgan fingerprint density at radius 1 is 1.17 bits per heavy atom. The number of hydrogen-bond donors (Lipinski definition) is 1. The van der Waals surface area contributed by atoms with E-state index >= 15 is 0 Å². The first-order valence-corrected chi connectivity index (χ1v) is 9.90. The van der Waals surface area contributed by atoms with Crippen LogP contribution in [0.2, 0.25) is 5.02 Å². The lowest BCUT2D eigenvalue weighted by atomic mass is 9.86. The van der Waals surface area contributed by atoms with Crippen LogP contribution in [-0.4, -0.2) is 41.8 Å². The number of fused-ring (bicyclic) bond motifs is 3. The number of carboxylic acid groups (broad SMARTS) is 1. The van der Waals surface area contributed by atoms with Crippen LogP contribution in [0.15, 0.2) is 30.3 Å². The fraction of sp³-hybridized carbons (Fsp3) is 0.381.